The highest BCUT2D eigenvalue weighted by Crippen LogP contribution is 2.26. The zero-order valence-electron chi connectivity index (χ0n) is 15.1. The van der Waals surface area contributed by atoms with Crippen LogP contribution < -0.4 is 5.32 Å². The first-order valence-corrected chi connectivity index (χ1v) is 9.24. The fourth-order valence-corrected chi connectivity index (χ4v) is 3.75. The summed E-state index contributed by atoms with van der Waals surface area (Å²) in [6, 6.07) is 4.03. The Morgan fingerprint density at radius 1 is 1.24 bits per heavy atom. The normalized spacial score (nSPS) is 20.5. The lowest BCUT2D eigenvalue weighted by Gasteiger charge is -2.29. The van der Waals surface area contributed by atoms with Crippen LogP contribution in [-0.2, 0) is 6.54 Å². The van der Waals surface area contributed by atoms with Gasteiger partial charge in [0.2, 0.25) is 0 Å². The molecule has 0 unspecified atom stereocenters. The number of amides is 1. The van der Waals surface area contributed by atoms with Gasteiger partial charge in [0.05, 0.1) is 22.0 Å². The quantitative estimate of drug-likeness (QED) is 0.900. The van der Waals surface area contributed by atoms with Gasteiger partial charge < -0.3 is 5.32 Å². The van der Waals surface area contributed by atoms with E-state index in [1.807, 2.05) is 13.8 Å². The van der Waals surface area contributed by atoms with E-state index in [4.69, 9.17) is 11.6 Å². The molecule has 0 bridgehead atoms. The highest BCUT2D eigenvalue weighted by molar-refractivity contribution is 6.30. The highest BCUT2D eigenvalue weighted by atomic mass is 35.5. The van der Waals surface area contributed by atoms with Crippen molar-refractivity contribution in [2.45, 2.75) is 59.0 Å². The first kappa shape index (κ1) is 17.9. The summed E-state index contributed by atoms with van der Waals surface area (Å²) in [7, 11) is 0. The van der Waals surface area contributed by atoms with Crippen LogP contribution in [0, 0.1) is 26.7 Å². The molecule has 3 rings (SSSR count). The molecule has 1 saturated carbocycles. The number of nitrogens with one attached hydrogen (secondary N) is 1. The fraction of sp³-hybridized carbons (Fsp3) is 0.526. The van der Waals surface area contributed by atoms with Gasteiger partial charge in [0.25, 0.3) is 5.91 Å². The van der Waals surface area contributed by atoms with E-state index < -0.39 is 0 Å². The summed E-state index contributed by atoms with van der Waals surface area (Å²) < 4.78 is 2.11. The number of aromatic nitrogens is 3. The third kappa shape index (κ3) is 4.40. The van der Waals surface area contributed by atoms with Crippen LogP contribution in [0.15, 0.2) is 18.3 Å². The molecule has 2 heterocycles. The number of aryl methyl sites for hydroxylation is 3. The van der Waals surface area contributed by atoms with E-state index in [0.717, 1.165) is 37.9 Å². The van der Waals surface area contributed by atoms with Crippen molar-refractivity contribution < 1.29 is 4.79 Å². The topological polar surface area (TPSA) is 59.8 Å². The zero-order chi connectivity index (χ0) is 18.0. The van der Waals surface area contributed by atoms with Crippen molar-refractivity contribution >= 4 is 17.5 Å². The highest BCUT2D eigenvalue weighted by Gasteiger charge is 2.24. The SMILES string of the molecule is Cc1cc(C)n(CC2CCC(NC(=O)c3cc(Cl)cnc3C)CC2)n1. The van der Waals surface area contributed by atoms with Crippen LogP contribution in [0.2, 0.25) is 5.02 Å². The number of carbonyl (C=O) groups excluding carboxylic acids is 1. The Hall–Kier alpha value is -1.88. The lowest BCUT2D eigenvalue weighted by molar-refractivity contribution is 0.0919. The van der Waals surface area contributed by atoms with Gasteiger partial charge in [-0.2, -0.15) is 5.10 Å². The van der Waals surface area contributed by atoms with Gasteiger partial charge in [-0.25, -0.2) is 0 Å². The Labute approximate surface area is 153 Å². The van der Waals surface area contributed by atoms with Crippen molar-refractivity contribution in [2.24, 2.45) is 5.92 Å². The largest absolute Gasteiger partial charge is 0.349 e. The minimum absolute atomic E-state index is 0.0745. The predicted octanol–water partition coefficient (Wildman–Crippen LogP) is 3.85. The molecular formula is C19H25ClN4O. The molecule has 1 aliphatic carbocycles. The zero-order valence-corrected chi connectivity index (χ0v) is 15.8. The molecule has 2 aromatic heterocycles. The van der Waals surface area contributed by atoms with Gasteiger partial charge in [-0.15, -0.1) is 0 Å². The second-order valence-electron chi connectivity index (χ2n) is 7.09. The van der Waals surface area contributed by atoms with Crippen LogP contribution in [-0.4, -0.2) is 26.7 Å². The summed E-state index contributed by atoms with van der Waals surface area (Å²) in [6.45, 7) is 6.93. The van der Waals surface area contributed by atoms with Crippen molar-refractivity contribution in [2.75, 3.05) is 0 Å². The maximum absolute atomic E-state index is 12.5. The lowest BCUT2D eigenvalue weighted by atomic mass is 9.86. The van der Waals surface area contributed by atoms with Crippen molar-refractivity contribution in [3.8, 4) is 0 Å². The minimum Gasteiger partial charge on any atom is -0.349 e. The number of rotatable bonds is 4. The van der Waals surface area contributed by atoms with Crippen LogP contribution in [0.3, 0.4) is 0 Å². The Balaban J connectivity index is 1.53. The monoisotopic (exact) mass is 360 g/mol. The second kappa shape index (κ2) is 7.56. The molecule has 0 aromatic carbocycles. The molecule has 2 aromatic rings. The molecule has 5 nitrogen and oxygen atoms in total. The van der Waals surface area contributed by atoms with Gasteiger partial charge >= 0.3 is 0 Å². The van der Waals surface area contributed by atoms with E-state index in [1.165, 1.54) is 5.69 Å². The number of hydrogen-bond acceptors (Lipinski definition) is 3. The van der Waals surface area contributed by atoms with Crippen LogP contribution in [0.25, 0.3) is 0 Å². The maximum Gasteiger partial charge on any atom is 0.253 e. The number of hydrogen-bond donors (Lipinski definition) is 1. The van der Waals surface area contributed by atoms with Gasteiger partial charge in [0.15, 0.2) is 0 Å². The average Bonchev–Trinajstić information content (AvgIpc) is 2.89. The Morgan fingerprint density at radius 3 is 2.60 bits per heavy atom. The standard InChI is InChI=1S/C19H25ClN4O/c1-12-8-13(2)24(23-12)11-15-4-6-17(7-5-15)22-19(25)18-9-16(20)10-21-14(18)3/h8-10,15,17H,4-7,11H2,1-3H3,(H,22,25). The second-order valence-corrected chi connectivity index (χ2v) is 7.52. The molecule has 0 radical (unpaired) electrons. The van der Waals surface area contributed by atoms with Gasteiger partial charge in [-0.1, -0.05) is 11.6 Å². The van der Waals surface area contributed by atoms with E-state index in [-0.39, 0.29) is 11.9 Å². The van der Waals surface area contributed by atoms with Gasteiger partial charge in [0, 0.05) is 24.5 Å². The predicted molar refractivity (Wildman–Crippen MR) is 98.9 cm³/mol. The lowest BCUT2D eigenvalue weighted by Crippen LogP contribution is -2.38. The van der Waals surface area contributed by atoms with Crippen molar-refractivity contribution in [3.05, 3.63) is 46.0 Å². The maximum atomic E-state index is 12.5. The fourth-order valence-electron chi connectivity index (χ4n) is 3.59. The molecule has 6 heteroatoms. The summed E-state index contributed by atoms with van der Waals surface area (Å²) in [4.78, 5) is 16.6. The van der Waals surface area contributed by atoms with Crippen LogP contribution in [0.5, 0.6) is 0 Å². The van der Waals surface area contributed by atoms with Gasteiger partial charge in [0.1, 0.15) is 0 Å². The molecule has 0 atom stereocenters. The minimum atomic E-state index is -0.0745. The molecule has 1 amide bonds. The molecule has 1 aliphatic rings. The van der Waals surface area contributed by atoms with E-state index >= 15 is 0 Å². The molecular weight excluding hydrogens is 336 g/mol. The van der Waals surface area contributed by atoms with Gasteiger partial charge in [-0.05, 0) is 64.5 Å². The molecule has 1 fully saturated rings. The van der Waals surface area contributed by atoms with Crippen molar-refractivity contribution in [1.29, 1.82) is 0 Å². The first-order valence-electron chi connectivity index (χ1n) is 8.86. The summed E-state index contributed by atoms with van der Waals surface area (Å²) in [5.74, 6) is 0.551. The van der Waals surface area contributed by atoms with Crippen LogP contribution >= 0.6 is 11.6 Å². The third-order valence-electron chi connectivity index (χ3n) is 5.01. The molecule has 25 heavy (non-hydrogen) atoms. The Morgan fingerprint density at radius 2 is 1.96 bits per heavy atom. The number of carbonyl (C=O) groups is 1. The molecule has 1 N–H and O–H groups in total. The van der Waals surface area contributed by atoms with Crippen molar-refractivity contribution in [1.82, 2.24) is 20.1 Å². The first-order chi connectivity index (χ1) is 11.9. The number of nitrogens with zero attached hydrogens (tertiary/aromatic N) is 3. The summed E-state index contributed by atoms with van der Waals surface area (Å²) in [5.41, 5.74) is 3.57. The summed E-state index contributed by atoms with van der Waals surface area (Å²) in [5, 5.41) is 8.19. The van der Waals surface area contributed by atoms with Crippen LogP contribution in [0.4, 0.5) is 0 Å². The Bertz CT molecular complexity index is 763. The third-order valence-corrected chi connectivity index (χ3v) is 5.22. The summed E-state index contributed by atoms with van der Waals surface area (Å²) in [6.07, 6.45) is 5.79. The molecule has 134 valence electrons. The molecule has 0 spiro atoms. The van der Waals surface area contributed by atoms with Crippen molar-refractivity contribution in [3.63, 3.8) is 0 Å². The molecule has 0 saturated heterocycles. The van der Waals surface area contributed by atoms with E-state index in [0.29, 0.717) is 22.2 Å². The average molecular weight is 361 g/mol. The van der Waals surface area contributed by atoms with E-state index in [2.05, 4.69) is 33.1 Å². The molecule has 0 aliphatic heterocycles. The van der Waals surface area contributed by atoms with Crippen LogP contribution in [0.1, 0.15) is 53.1 Å². The smallest absolute Gasteiger partial charge is 0.253 e. The van der Waals surface area contributed by atoms with Gasteiger partial charge in [-0.3, -0.25) is 14.5 Å². The van der Waals surface area contributed by atoms with E-state index in [9.17, 15) is 4.79 Å². The van der Waals surface area contributed by atoms with E-state index in [1.54, 1.807) is 12.3 Å². The summed E-state index contributed by atoms with van der Waals surface area (Å²) >= 11 is 5.96. The Kier molecular flexibility index (Phi) is 5.42. The number of halogens is 1. The number of pyridine rings is 1.